The molecule has 2 aliphatic rings. The first-order valence-corrected chi connectivity index (χ1v) is 24.9. The minimum atomic E-state index is 0.139. The third-order valence-electron chi connectivity index (χ3n) is 13.4. The Bertz CT molecular complexity index is 3310. The molecule has 0 nitrogen and oxygen atoms in total. The highest BCUT2D eigenvalue weighted by Gasteiger charge is 2.30. The van der Waals surface area contributed by atoms with Gasteiger partial charge in [-0.05, 0) is 145 Å². The van der Waals surface area contributed by atoms with Crippen molar-refractivity contribution in [3.05, 3.63) is 240 Å². The van der Waals surface area contributed by atoms with Gasteiger partial charge in [0, 0.05) is 0 Å². The lowest BCUT2D eigenvalue weighted by Crippen LogP contribution is -2.13. The van der Waals surface area contributed by atoms with E-state index < -0.39 is 0 Å². The SMILES string of the molecule is CC(C)(C)C.CC(C)(C)c1cccc2c1Cc1c(-c3ccccc3)cccc1-2.CC(C)(C)c1cccc2c1Cc1c-2cccc1-c1c2ccccc2cc2ccccc12.c1ccc2ccccc2c1. The fourth-order valence-corrected chi connectivity index (χ4v) is 10.4. The maximum Gasteiger partial charge on any atom is -0.000433 e. The Morgan fingerprint density at radius 2 is 0.594 bits per heavy atom. The number of rotatable bonds is 2. The molecule has 0 bridgehead atoms. The summed E-state index contributed by atoms with van der Waals surface area (Å²) in [6.45, 7) is 22.7. The minimum Gasteiger partial charge on any atom is -0.0622 e. The van der Waals surface area contributed by atoms with Gasteiger partial charge in [0.2, 0.25) is 0 Å². The monoisotopic (exact) mass is 897 g/mol. The molecule has 0 aliphatic heterocycles. The Labute approximate surface area is 412 Å². The summed E-state index contributed by atoms with van der Waals surface area (Å²) in [4.78, 5) is 0. The van der Waals surface area contributed by atoms with E-state index in [0.29, 0.717) is 5.41 Å². The van der Waals surface area contributed by atoms with Crippen molar-refractivity contribution in [2.75, 3.05) is 0 Å². The summed E-state index contributed by atoms with van der Waals surface area (Å²) in [5.41, 5.74) is 20.8. The number of hydrogen-bond donors (Lipinski definition) is 0. The topological polar surface area (TPSA) is 0 Å². The Kier molecular flexibility index (Phi) is 13.1. The van der Waals surface area contributed by atoms with Crippen molar-refractivity contribution in [3.63, 3.8) is 0 Å². The zero-order valence-corrected chi connectivity index (χ0v) is 42.5. The lowest BCUT2D eigenvalue weighted by Gasteiger charge is -2.22. The van der Waals surface area contributed by atoms with E-state index >= 15 is 0 Å². The summed E-state index contributed by atoms with van der Waals surface area (Å²) in [6.07, 6.45) is 2.05. The van der Waals surface area contributed by atoms with Crippen LogP contribution in [0.5, 0.6) is 0 Å². The molecule has 0 aromatic heterocycles. The molecule has 0 atom stereocenters. The van der Waals surface area contributed by atoms with Gasteiger partial charge in [0.25, 0.3) is 0 Å². The summed E-state index contributed by atoms with van der Waals surface area (Å²) in [5, 5.41) is 7.90. The largest absolute Gasteiger partial charge is 0.0622 e. The zero-order chi connectivity index (χ0) is 48.5. The lowest BCUT2D eigenvalue weighted by molar-refractivity contribution is 0.469. The first kappa shape index (κ1) is 47.1. The molecule has 0 amide bonds. The summed E-state index contributed by atoms with van der Waals surface area (Å²) in [6, 6.07) is 74.7. The Morgan fingerprint density at radius 1 is 0.275 bits per heavy atom. The van der Waals surface area contributed by atoms with Crippen LogP contribution >= 0.6 is 0 Å². The van der Waals surface area contributed by atoms with Crippen LogP contribution in [-0.2, 0) is 23.7 Å². The maximum absolute atomic E-state index is 2.33. The third kappa shape index (κ3) is 10.1. The molecule has 69 heavy (non-hydrogen) atoms. The van der Waals surface area contributed by atoms with E-state index in [1.807, 2.05) is 0 Å². The summed E-state index contributed by atoms with van der Waals surface area (Å²) < 4.78 is 0. The molecule has 10 aromatic carbocycles. The summed E-state index contributed by atoms with van der Waals surface area (Å²) >= 11 is 0. The van der Waals surface area contributed by atoms with Gasteiger partial charge in [-0.25, -0.2) is 0 Å². The van der Waals surface area contributed by atoms with E-state index in [-0.39, 0.29) is 10.8 Å². The Balaban J connectivity index is 0.000000136. The molecule has 10 aromatic rings. The van der Waals surface area contributed by atoms with Crippen LogP contribution in [0, 0.1) is 5.41 Å². The molecule has 344 valence electrons. The zero-order valence-electron chi connectivity index (χ0n) is 42.5. The average Bonchev–Trinajstić information content (AvgIpc) is 3.92. The quantitative estimate of drug-likeness (QED) is 0.152. The van der Waals surface area contributed by atoms with E-state index in [1.165, 1.54) is 110 Å². The molecule has 12 rings (SSSR count). The fourth-order valence-electron chi connectivity index (χ4n) is 10.4. The molecule has 0 spiro atoms. The van der Waals surface area contributed by atoms with Crippen molar-refractivity contribution < 1.29 is 0 Å². The van der Waals surface area contributed by atoms with Crippen LogP contribution in [0.15, 0.2) is 206 Å². The van der Waals surface area contributed by atoms with Crippen molar-refractivity contribution in [1.82, 2.24) is 0 Å². The first-order valence-electron chi connectivity index (χ1n) is 24.9. The average molecular weight is 897 g/mol. The normalized spacial score (nSPS) is 12.4. The third-order valence-corrected chi connectivity index (χ3v) is 13.4. The van der Waals surface area contributed by atoms with Gasteiger partial charge in [-0.2, -0.15) is 0 Å². The summed E-state index contributed by atoms with van der Waals surface area (Å²) in [7, 11) is 0. The van der Waals surface area contributed by atoms with Crippen LogP contribution in [0.2, 0.25) is 0 Å². The van der Waals surface area contributed by atoms with Crippen molar-refractivity contribution in [3.8, 4) is 44.5 Å². The molecular weight excluding hydrogens is 829 g/mol. The van der Waals surface area contributed by atoms with Crippen molar-refractivity contribution in [2.45, 2.75) is 92.9 Å². The second-order valence-electron chi connectivity index (χ2n) is 22.6. The van der Waals surface area contributed by atoms with Gasteiger partial charge in [-0.3, -0.25) is 0 Å². The highest BCUT2D eigenvalue weighted by Crippen LogP contribution is 2.48. The van der Waals surface area contributed by atoms with Gasteiger partial charge in [0.05, 0.1) is 0 Å². The van der Waals surface area contributed by atoms with Gasteiger partial charge >= 0.3 is 0 Å². The van der Waals surface area contributed by atoms with Gasteiger partial charge in [-0.15, -0.1) is 0 Å². The number of benzene rings is 10. The van der Waals surface area contributed by atoms with Gasteiger partial charge < -0.3 is 0 Å². The van der Waals surface area contributed by atoms with Gasteiger partial charge in [-0.1, -0.05) is 269 Å². The van der Waals surface area contributed by atoms with Crippen LogP contribution < -0.4 is 0 Å². The predicted molar refractivity (Wildman–Crippen MR) is 302 cm³/mol. The molecule has 0 fully saturated rings. The number of hydrogen-bond acceptors (Lipinski definition) is 0. The summed E-state index contributed by atoms with van der Waals surface area (Å²) in [5.74, 6) is 0. The Morgan fingerprint density at radius 3 is 1.01 bits per heavy atom. The van der Waals surface area contributed by atoms with Crippen LogP contribution in [-0.4, -0.2) is 0 Å². The van der Waals surface area contributed by atoms with Gasteiger partial charge in [0.15, 0.2) is 0 Å². The molecule has 0 saturated carbocycles. The highest BCUT2D eigenvalue weighted by molar-refractivity contribution is 6.13. The minimum absolute atomic E-state index is 0.139. The molecule has 0 unspecified atom stereocenters. The standard InChI is InChI=1S/C31H26.C23H22.C10H8.C5H12/c1-31(2,3)29-17-9-15-25-24-14-8-16-26(27(24)19-28(25)29)30-22-12-6-4-10-20(22)18-21-11-5-7-13-23(21)30;1-23(2,3)22-14-8-13-19-18-12-7-11-17(20(18)15-21(19)22)16-9-5-4-6-10-16;1-2-6-10-8-4-3-7-9(10)5-1;1-5(2,3)4/h4-18H,19H2,1-3H3;4-14H,15H2,1-3H3;1-8H;1-4H3. The maximum atomic E-state index is 2.33. The van der Waals surface area contributed by atoms with Crippen molar-refractivity contribution in [2.24, 2.45) is 5.41 Å². The second-order valence-corrected chi connectivity index (χ2v) is 22.6. The van der Waals surface area contributed by atoms with E-state index in [9.17, 15) is 0 Å². The molecule has 0 N–H and O–H groups in total. The second kappa shape index (κ2) is 19.2. The van der Waals surface area contributed by atoms with Gasteiger partial charge in [0.1, 0.15) is 0 Å². The molecular formula is C69H68. The molecule has 2 aliphatic carbocycles. The van der Waals surface area contributed by atoms with E-state index in [0.717, 1.165) is 12.8 Å². The highest BCUT2D eigenvalue weighted by atomic mass is 14.3. The van der Waals surface area contributed by atoms with Crippen LogP contribution in [0.4, 0.5) is 0 Å². The first-order chi connectivity index (χ1) is 33.0. The number of fused-ring (bicyclic) bond motifs is 9. The van der Waals surface area contributed by atoms with Crippen molar-refractivity contribution >= 4 is 32.3 Å². The van der Waals surface area contributed by atoms with E-state index in [2.05, 4.69) is 275 Å². The van der Waals surface area contributed by atoms with Crippen LogP contribution in [0.3, 0.4) is 0 Å². The molecule has 0 heterocycles. The van der Waals surface area contributed by atoms with Crippen molar-refractivity contribution in [1.29, 1.82) is 0 Å². The molecule has 0 saturated heterocycles. The Hall–Kier alpha value is -7.02. The fraction of sp³-hybridized carbons (Fsp3) is 0.217. The van der Waals surface area contributed by atoms with E-state index in [1.54, 1.807) is 0 Å². The van der Waals surface area contributed by atoms with Crippen LogP contribution in [0.1, 0.15) is 103 Å². The van der Waals surface area contributed by atoms with Crippen LogP contribution in [0.25, 0.3) is 76.8 Å². The molecule has 0 radical (unpaired) electrons. The smallest absolute Gasteiger partial charge is 0.000433 e. The predicted octanol–water partition coefficient (Wildman–Crippen LogP) is 19.6. The molecule has 0 heteroatoms. The lowest BCUT2D eigenvalue weighted by atomic mass is 9.82. The van der Waals surface area contributed by atoms with E-state index in [4.69, 9.17) is 0 Å².